The summed E-state index contributed by atoms with van der Waals surface area (Å²) in [5, 5.41) is 2.72. The number of carbonyl (C=O) groups excluding carboxylic acids is 2. The van der Waals surface area contributed by atoms with Crippen molar-refractivity contribution < 1.29 is 23.5 Å². The number of oxazole rings is 1. The van der Waals surface area contributed by atoms with Crippen molar-refractivity contribution in [2.75, 3.05) is 26.8 Å². The lowest BCUT2D eigenvalue weighted by molar-refractivity contribution is -0.137. The van der Waals surface area contributed by atoms with Crippen LogP contribution in [0.25, 0.3) is 0 Å². The molecule has 1 fully saturated rings. The van der Waals surface area contributed by atoms with Crippen LogP contribution in [-0.2, 0) is 22.6 Å². The molecule has 2 heterocycles. The summed E-state index contributed by atoms with van der Waals surface area (Å²) in [4.78, 5) is 32.1. The zero-order valence-corrected chi connectivity index (χ0v) is 22.1. The van der Waals surface area contributed by atoms with Gasteiger partial charge in [0.1, 0.15) is 12.0 Å². The van der Waals surface area contributed by atoms with E-state index in [0.29, 0.717) is 31.3 Å². The maximum Gasteiger partial charge on any atom is 0.273 e. The first-order chi connectivity index (χ1) is 18.5. The van der Waals surface area contributed by atoms with Gasteiger partial charge in [-0.15, -0.1) is 0 Å². The molecule has 200 valence electrons. The normalized spacial score (nSPS) is 17.3. The molecule has 1 aliphatic heterocycles. The standard InChI is InChI=1S/C30H35N3O5/c1-20-7-9-22(10-8-20)28-25-17-24(37-19-27-32-26(18-38-27)29(34)31-14-16-36-2)12-11-21(25)13-15-33(28)30(35)23-5-3-4-6-23/h7-12,17-18,23,28H,3-6,13-16,19H2,1-2H3,(H,31,34)/t28-/m1/s1. The van der Waals surface area contributed by atoms with Crippen LogP contribution in [0.2, 0.25) is 0 Å². The number of rotatable bonds is 9. The Hall–Kier alpha value is -3.65. The maximum atomic E-state index is 13.6. The third kappa shape index (κ3) is 5.75. The second-order valence-corrected chi connectivity index (χ2v) is 10.1. The number of nitrogens with zero attached hydrogens (tertiary/aromatic N) is 2. The fourth-order valence-electron chi connectivity index (χ4n) is 5.42. The second-order valence-electron chi connectivity index (χ2n) is 10.1. The van der Waals surface area contributed by atoms with Crippen molar-refractivity contribution in [2.45, 2.75) is 51.7 Å². The van der Waals surface area contributed by atoms with Crippen LogP contribution in [0.4, 0.5) is 0 Å². The third-order valence-corrected chi connectivity index (χ3v) is 7.46. The van der Waals surface area contributed by atoms with Crippen LogP contribution >= 0.6 is 0 Å². The number of hydrogen-bond donors (Lipinski definition) is 1. The van der Waals surface area contributed by atoms with Crippen molar-refractivity contribution in [3.05, 3.63) is 82.6 Å². The van der Waals surface area contributed by atoms with Crippen molar-refractivity contribution in [3.8, 4) is 5.75 Å². The Labute approximate surface area is 223 Å². The van der Waals surface area contributed by atoms with E-state index in [4.69, 9.17) is 13.9 Å². The van der Waals surface area contributed by atoms with Gasteiger partial charge in [0.05, 0.1) is 12.6 Å². The first-order valence-corrected chi connectivity index (χ1v) is 13.4. The molecule has 0 unspecified atom stereocenters. The predicted octanol–water partition coefficient (Wildman–Crippen LogP) is 4.60. The number of amides is 2. The van der Waals surface area contributed by atoms with Crippen LogP contribution in [0.3, 0.4) is 0 Å². The minimum Gasteiger partial charge on any atom is -0.484 e. The van der Waals surface area contributed by atoms with E-state index in [1.54, 1.807) is 7.11 Å². The van der Waals surface area contributed by atoms with Crippen molar-refractivity contribution >= 4 is 11.8 Å². The van der Waals surface area contributed by atoms with E-state index < -0.39 is 0 Å². The molecule has 0 spiro atoms. The van der Waals surface area contributed by atoms with Gasteiger partial charge < -0.3 is 24.1 Å². The number of hydrogen-bond acceptors (Lipinski definition) is 6. The van der Waals surface area contributed by atoms with Crippen LogP contribution in [0.5, 0.6) is 5.75 Å². The minimum absolute atomic E-state index is 0.0874. The summed E-state index contributed by atoms with van der Waals surface area (Å²) in [6, 6.07) is 14.4. The molecule has 2 aromatic carbocycles. The van der Waals surface area contributed by atoms with E-state index in [2.05, 4.69) is 52.5 Å². The Morgan fingerprint density at radius 2 is 1.92 bits per heavy atom. The number of aromatic nitrogens is 1. The molecule has 1 N–H and O–H groups in total. The van der Waals surface area contributed by atoms with E-state index >= 15 is 0 Å². The van der Waals surface area contributed by atoms with E-state index in [9.17, 15) is 9.59 Å². The van der Waals surface area contributed by atoms with Crippen LogP contribution < -0.4 is 10.1 Å². The highest BCUT2D eigenvalue weighted by Gasteiger charge is 2.36. The summed E-state index contributed by atoms with van der Waals surface area (Å²) in [5.41, 5.74) is 4.81. The summed E-state index contributed by atoms with van der Waals surface area (Å²) in [5.74, 6) is 1.04. The maximum absolute atomic E-state index is 13.6. The van der Waals surface area contributed by atoms with Crippen LogP contribution in [0, 0.1) is 12.8 Å². The van der Waals surface area contributed by atoms with Crippen molar-refractivity contribution in [1.82, 2.24) is 15.2 Å². The summed E-state index contributed by atoms with van der Waals surface area (Å²) >= 11 is 0. The molecular formula is C30H35N3O5. The summed E-state index contributed by atoms with van der Waals surface area (Å²) < 4.78 is 16.4. The molecule has 5 rings (SSSR count). The number of fused-ring (bicyclic) bond motifs is 1. The molecule has 0 radical (unpaired) electrons. The van der Waals surface area contributed by atoms with Gasteiger partial charge in [0.25, 0.3) is 5.91 Å². The summed E-state index contributed by atoms with van der Waals surface area (Å²) in [7, 11) is 1.58. The monoisotopic (exact) mass is 517 g/mol. The Morgan fingerprint density at radius 1 is 1.13 bits per heavy atom. The highest BCUT2D eigenvalue weighted by atomic mass is 16.5. The quantitative estimate of drug-likeness (QED) is 0.417. The molecule has 8 heteroatoms. The average Bonchev–Trinajstić information content (AvgIpc) is 3.64. The first-order valence-electron chi connectivity index (χ1n) is 13.4. The zero-order valence-electron chi connectivity index (χ0n) is 22.1. The Balaban J connectivity index is 1.35. The molecule has 38 heavy (non-hydrogen) atoms. The Morgan fingerprint density at radius 3 is 2.68 bits per heavy atom. The lowest BCUT2D eigenvalue weighted by atomic mass is 9.86. The van der Waals surface area contributed by atoms with Crippen LogP contribution in [0.15, 0.2) is 53.1 Å². The largest absolute Gasteiger partial charge is 0.484 e. The number of methoxy groups -OCH3 is 1. The summed E-state index contributed by atoms with van der Waals surface area (Å²) in [6.07, 6.45) is 6.37. The molecule has 2 aliphatic rings. The number of nitrogens with one attached hydrogen (secondary N) is 1. The van der Waals surface area contributed by atoms with Gasteiger partial charge in [-0.25, -0.2) is 4.98 Å². The highest BCUT2D eigenvalue weighted by Crippen LogP contribution is 2.39. The number of benzene rings is 2. The van der Waals surface area contributed by atoms with Gasteiger partial charge in [-0.05, 0) is 55.0 Å². The van der Waals surface area contributed by atoms with Crippen molar-refractivity contribution in [1.29, 1.82) is 0 Å². The molecule has 1 saturated carbocycles. The van der Waals surface area contributed by atoms with Gasteiger partial charge in [-0.2, -0.15) is 0 Å². The third-order valence-electron chi connectivity index (χ3n) is 7.46. The molecule has 1 atom stereocenters. The number of carbonyl (C=O) groups is 2. The molecule has 1 aliphatic carbocycles. The molecular weight excluding hydrogens is 482 g/mol. The average molecular weight is 518 g/mol. The SMILES string of the molecule is COCCNC(=O)c1coc(COc2ccc3c(c2)[C@@H](c2ccc(C)cc2)N(C(=O)C2CCCC2)CC3)n1. The van der Waals surface area contributed by atoms with Crippen molar-refractivity contribution in [3.63, 3.8) is 0 Å². The topological polar surface area (TPSA) is 93.9 Å². The fourth-order valence-corrected chi connectivity index (χ4v) is 5.42. The van der Waals surface area contributed by atoms with Gasteiger partial charge in [0.2, 0.25) is 11.8 Å². The van der Waals surface area contributed by atoms with Gasteiger partial charge in [0.15, 0.2) is 12.3 Å². The highest BCUT2D eigenvalue weighted by molar-refractivity contribution is 5.91. The van der Waals surface area contributed by atoms with Gasteiger partial charge in [-0.1, -0.05) is 48.7 Å². The number of ether oxygens (including phenoxy) is 2. The van der Waals surface area contributed by atoms with Crippen LogP contribution in [-0.4, -0.2) is 48.5 Å². The van der Waals surface area contributed by atoms with Gasteiger partial charge >= 0.3 is 0 Å². The van der Waals surface area contributed by atoms with Gasteiger partial charge in [0, 0.05) is 26.1 Å². The Bertz CT molecular complexity index is 1260. The Kier molecular flexibility index (Phi) is 8.08. The predicted molar refractivity (Wildman–Crippen MR) is 142 cm³/mol. The molecule has 1 aromatic heterocycles. The molecule has 2 amide bonds. The van der Waals surface area contributed by atoms with E-state index in [1.807, 2.05) is 12.1 Å². The molecule has 0 saturated heterocycles. The summed E-state index contributed by atoms with van der Waals surface area (Å²) in [6.45, 7) is 3.69. The molecule has 8 nitrogen and oxygen atoms in total. The van der Waals surface area contributed by atoms with E-state index in [-0.39, 0.29) is 36.1 Å². The minimum atomic E-state index is -0.321. The first kappa shape index (κ1) is 26.0. The fraction of sp³-hybridized carbons (Fsp3) is 0.433. The zero-order chi connectivity index (χ0) is 26.5. The van der Waals surface area contributed by atoms with Crippen molar-refractivity contribution in [2.24, 2.45) is 5.92 Å². The van der Waals surface area contributed by atoms with E-state index in [1.165, 1.54) is 17.4 Å². The van der Waals surface area contributed by atoms with Crippen LogP contribution in [0.1, 0.15) is 70.4 Å². The second kappa shape index (κ2) is 11.8. The number of aryl methyl sites for hydroxylation is 1. The smallest absolute Gasteiger partial charge is 0.273 e. The lowest BCUT2D eigenvalue weighted by Gasteiger charge is -2.39. The molecule has 3 aromatic rings. The van der Waals surface area contributed by atoms with E-state index in [0.717, 1.165) is 43.2 Å². The molecule has 0 bridgehead atoms. The van der Waals surface area contributed by atoms with Gasteiger partial charge in [-0.3, -0.25) is 9.59 Å². The lowest BCUT2D eigenvalue weighted by Crippen LogP contribution is -2.43.